The van der Waals surface area contributed by atoms with E-state index in [4.69, 9.17) is 4.42 Å². The fraction of sp³-hybridized carbons (Fsp3) is 0.250. The third-order valence-electron chi connectivity index (χ3n) is 7.73. The van der Waals surface area contributed by atoms with Crippen molar-refractivity contribution in [3.05, 3.63) is 89.1 Å². The molecule has 1 fully saturated rings. The number of nitriles is 1. The zero-order valence-corrected chi connectivity index (χ0v) is 20.6. The van der Waals surface area contributed by atoms with Crippen molar-refractivity contribution in [3.8, 4) is 28.5 Å². The van der Waals surface area contributed by atoms with E-state index >= 15 is 0 Å². The Hall–Kier alpha value is -3.90. The summed E-state index contributed by atoms with van der Waals surface area (Å²) in [5.74, 6) is 0.669. The Kier molecular flexibility index (Phi) is 5.19. The van der Waals surface area contributed by atoms with Gasteiger partial charge in [0.1, 0.15) is 18.2 Å². The van der Waals surface area contributed by atoms with Crippen molar-refractivity contribution >= 4 is 21.9 Å². The Bertz CT molecular complexity index is 1630. The quantitative estimate of drug-likeness (QED) is 0.258. The van der Waals surface area contributed by atoms with Crippen molar-refractivity contribution in [3.63, 3.8) is 0 Å². The maximum atomic E-state index is 9.99. The van der Waals surface area contributed by atoms with Crippen LogP contribution < -0.4 is 4.57 Å². The van der Waals surface area contributed by atoms with E-state index in [1.165, 1.54) is 42.4 Å². The topological polar surface area (TPSA) is 40.8 Å². The number of benzene rings is 3. The van der Waals surface area contributed by atoms with Crippen LogP contribution in [0.25, 0.3) is 44.3 Å². The second-order valence-electron chi connectivity index (χ2n) is 10.0. The van der Waals surface area contributed by atoms with Gasteiger partial charge in [0.2, 0.25) is 5.69 Å². The largest absolute Gasteiger partial charge is 0.454 e. The summed E-state index contributed by atoms with van der Waals surface area (Å²) in [7, 11) is 2.07. The number of nitrogens with zero attached hydrogens (tertiary/aromatic N) is 2. The molecule has 0 bridgehead atoms. The van der Waals surface area contributed by atoms with Crippen LogP contribution in [-0.4, -0.2) is 0 Å². The first-order valence-electron chi connectivity index (χ1n) is 12.5. The van der Waals surface area contributed by atoms with Gasteiger partial charge in [0.25, 0.3) is 0 Å². The molecule has 2 aromatic heterocycles. The van der Waals surface area contributed by atoms with Crippen molar-refractivity contribution < 1.29 is 8.98 Å². The molecular formula is C32H29N2O+. The summed E-state index contributed by atoms with van der Waals surface area (Å²) in [6, 6.07) is 23.8. The molecule has 3 heteroatoms. The Morgan fingerprint density at radius 1 is 0.857 bits per heavy atom. The molecule has 3 nitrogen and oxygen atoms in total. The van der Waals surface area contributed by atoms with Gasteiger partial charge in [-0.15, -0.1) is 0 Å². The zero-order chi connectivity index (χ0) is 24.1. The molecule has 6 rings (SSSR count). The Labute approximate surface area is 206 Å². The number of fused-ring (bicyclic) bond motifs is 3. The van der Waals surface area contributed by atoms with E-state index in [1.807, 2.05) is 12.1 Å². The van der Waals surface area contributed by atoms with Crippen LogP contribution in [0, 0.1) is 25.2 Å². The summed E-state index contributed by atoms with van der Waals surface area (Å²) in [5, 5.41) is 12.1. The predicted octanol–water partition coefficient (Wildman–Crippen LogP) is 7.89. The number of pyridine rings is 1. The fourth-order valence-corrected chi connectivity index (χ4v) is 5.81. The molecule has 0 saturated heterocycles. The Morgan fingerprint density at radius 3 is 2.26 bits per heavy atom. The highest BCUT2D eigenvalue weighted by Gasteiger charge is 2.23. The van der Waals surface area contributed by atoms with Crippen molar-refractivity contribution in [2.24, 2.45) is 7.05 Å². The van der Waals surface area contributed by atoms with E-state index in [2.05, 4.69) is 86.3 Å². The van der Waals surface area contributed by atoms with Crippen molar-refractivity contribution in [1.29, 1.82) is 5.26 Å². The molecule has 0 atom stereocenters. The summed E-state index contributed by atoms with van der Waals surface area (Å²) in [4.78, 5) is 0. The van der Waals surface area contributed by atoms with Gasteiger partial charge >= 0.3 is 0 Å². The van der Waals surface area contributed by atoms with Crippen molar-refractivity contribution in [2.45, 2.75) is 45.4 Å². The lowest BCUT2D eigenvalue weighted by atomic mass is 9.92. The van der Waals surface area contributed by atoms with Gasteiger partial charge in [-0.1, -0.05) is 49.2 Å². The molecular weight excluding hydrogens is 428 g/mol. The first kappa shape index (κ1) is 21.6. The first-order valence-corrected chi connectivity index (χ1v) is 12.5. The van der Waals surface area contributed by atoms with Crippen LogP contribution in [0.2, 0.25) is 0 Å². The Balaban J connectivity index is 1.60. The van der Waals surface area contributed by atoms with E-state index in [9.17, 15) is 5.26 Å². The average molecular weight is 458 g/mol. The molecule has 3 aromatic carbocycles. The summed E-state index contributed by atoms with van der Waals surface area (Å²) in [6.45, 7) is 4.25. The monoisotopic (exact) mass is 457 g/mol. The standard InChI is InChI=1S/C32H29N2O/c1-20-16-17-34(3)28(18-20)29-21(2)8-14-26-27-15-13-25(19-33)30(32(27)35-31(26)29)24-11-9-23(10-12-24)22-6-4-5-7-22/h8-18,22H,4-7H2,1-3H3/q+1. The lowest BCUT2D eigenvalue weighted by molar-refractivity contribution is -0.660. The number of aryl methyl sites for hydroxylation is 3. The molecule has 1 saturated carbocycles. The minimum atomic E-state index is 0.643. The number of hydrogen-bond donors (Lipinski definition) is 0. The van der Waals surface area contributed by atoms with E-state index in [0.717, 1.165) is 44.3 Å². The van der Waals surface area contributed by atoms with Gasteiger partial charge in [0, 0.05) is 28.5 Å². The van der Waals surface area contributed by atoms with Crippen molar-refractivity contribution in [1.82, 2.24) is 0 Å². The highest BCUT2D eigenvalue weighted by molar-refractivity contribution is 6.14. The summed E-state index contributed by atoms with van der Waals surface area (Å²) >= 11 is 0. The van der Waals surface area contributed by atoms with Crippen LogP contribution in [0.1, 0.15) is 53.9 Å². The van der Waals surface area contributed by atoms with Gasteiger partial charge in [0.05, 0.1) is 17.2 Å². The number of rotatable bonds is 3. The molecule has 35 heavy (non-hydrogen) atoms. The molecule has 0 aliphatic heterocycles. The van der Waals surface area contributed by atoms with Crippen molar-refractivity contribution in [2.75, 3.05) is 0 Å². The lowest BCUT2D eigenvalue weighted by Gasteiger charge is -2.11. The second kappa shape index (κ2) is 8.40. The molecule has 172 valence electrons. The summed E-state index contributed by atoms with van der Waals surface area (Å²) in [5.41, 5.74) is 10.2. The molecule has 1 aliphatic rings. The second-order valence-corrected chi connectivity index (χ2v) is 10.0. The fourth-order valence-electron chi connectivity index (χ4n) is 5.81. The highest BCUT2D eigenvalue weighted by atomic mass is 16.3. The minimum Gasteiger partial charge on any atom is -0.454 e. The number of furan rings is 1. The SMILES string of the molecule is Cc1cc[n+](C)c(-c2c(C)ccc3c2oc2c(-c4ccc(C5CCCC5)cc4)c(C#N)ccc23)c1. The van der Waals surface area contributed by atoms with Gasteiger partial charge in [-0.3, -0.25) is 0 Å². The number of aromatic nitrogens is 1. The summed E-state index contributed by atoms with van der Waals surface area (Å²) < 4.78 is 8.85. The molecule has 0 N–H and O–H groups in total. The maximum Gasteiger partial charge on any atom is 0.216 e. The molecule has 0 unspecified atom stereocenters. The minimum absolute atomic E-state index is 0.643. The van der Waals surface area contributed by atoms with Gasteiger partial charge < -0.3 is 4.42 Å². The zero-order valence-electron chi connectivity index (χ0n) is 20.6. The predicted molar refractivity (Wildman–Crippen MR) is 141 cm³/mol. The van der Waals surface area contributed by atoms with Crippen LogP contribution in [0.5, 0.6) is 0 Å². The van der Waals surface area contributed by atoms with Gasteiger partial charge in [-0.2, -0.15) is 5.26 Å². The smallest absolute Gasteiger partial charge is 0.216 e. The Morgan fingerprint density at radius 2 is 1.54 bits per heavy atom. The maximum absolute atomic E-state index is 9.99. The van der Waals surface area contributed by atoms with Gasteiger partial charge in [-0.25, -0.2) is 4.57 Å². The molecule has 1 aliphatic carbocycles. The average Bonchev–Trinajstić information content (AvgIpc) is 3.53. The van der Waals surface area contributed by atoms with E-state index in [-0.39, 0.29) is 0 Å². The molecule has 2 heterocycles. The molecule has 0 radical (unpaired) electrons. The van der Waals surface area contributed by atoms with Crippen LogP contribution in [0.4, 0.5) is 0 Å². The third-order valence-corrected chi connectivity index (χ3v) is 7.73. The molecule has 0 amide bonds. The number of hydrogen-bond acceptors (Lipinski definition) is 2. The first-order chi connectivity index (χ1) is 17.0. The van der Waals surface area contributed by atoms with Crippen LogP contribution in [-0.2, 0) is 7.05 Å². The van der Waals surface area contributed by atoms with Crippen LogP contribution in [0.15, 0.2) is 71.3 Å². The molecule has 0 spiro atoms. The molecule has 5 aromatic rings. The normalized spacial score (nSPS) is 14.1. The van der Waals surface area contributed by atoms with E-state index in [0.29, 0.717) is 11.5 Å². The van der Waals surface area contributed by atoms with Crippen LogP contribution in [0.3, 0.4) is 0 Å². The summed E-state index contributed by atoms with van der Waals surface area (Å²) in [6.07, 6.45) is 7.30. The van der Waals surface area contributed by atoms with E-state index in [1.54, 1.807) is 0 Å². The van der Waals surface area contributed by atoms with Crippen LogP contribution >= 0.6 is 0 Å². The third kappa shape index (κ3) is 3.53. The highest BCUT2D eigenvalue weighted by Crippen LogP contribution is 2.42. The lowest BCUT2D eigenvalue weighted by Crippen LogP contribution is -2.30. The van der Waals surface area contributed by atoms with Gasteiger partial charge in [0.15, 0.2) is 6.20 Å². The van der Waals surface area contributed by atoms with E-state index < -0.39 is 0 Å². The van der Waals surface area contributed by atoms with Gasteiger partial charge in [-0.05, 0) is 67.0 Å².